The molecular formula is C16H22FNO2. The quantitative estimate of drug-likeness (QED) is 0.800. The number of nitrogens with one attached hydrogen (secondary N) is 1. The van der Waals surface area contributed by atoms with Crippen LogP contribution in [0.25, 0.3) is 0 Å². The zero-order chi connectivity index (χ0) is 15.1. The molecule has 1 aromatic carbocycles. The molecule has 0 spiro atoms. The van der Waals surface area contributed by atoms with Crippen molar-refractivity contribution in [2.24, 2.45) is 0 Å². The smallest absolute Gasteiger partial charge is 0.251 e. The summed E-state index contributed by atoms with van der Waals surface area (Å²) in [6, 6.07) is 2.97. The van der Waals surface area contributed by atoms with Crippen molar-refractivity contribution >= 4 is 5.91 Å². The van der Waals surface area contributed by atoms with Gasteiger partial charge in [-0.25, -0.2) is 4.39 Å². The Labute approximate surface area is 119 Å². The highest BCUT2D eigenvalue weighted by molar-refractivity contribution is 5.94. The van der Waals surface area contributed by atoms with Crippen molar-refractivity contribution in [2.45, 2.75) is 46.6 Å². The van der Waals surface area contributed by atoms with Crippen LogP contribution in [0.5, 0.6) is 5.75 Å². The second-order valence-corrected chi connectivity index (χ2v) is 4.68. The minimum absolute atomic E-state index is 0.116. The van der Waals surface area contributed by atoms with Crippen molar-refractivity contribution in [3.8, 4) is 5.75 Å². The van der Waals surface area contributed by atoms with Crippen LogP contribution in [-0.2, 0) is 0 Å². The molecule has 110 valence electrons. The number of amides is 1. The fourth-order valence-corrected chi connectivity index (χ4v) is 1.91. The lowest BCUT2D eigenvalue weighted by atomic mass is 10.1. The average molecular weight is 279 g/mol. The molecule has 1 amide bonds. The van der Waals surface area contributed by atoms with Gasteiger partial charge in [-0.2, -0.15) is 0 Å². The number of rotatable bonds is 6. The summed E-state index contributed by atoms with van der Waals surface area (Å²) in [4.78, 5) is 12.1. The summed E-state index contributed by atoms with van der Waals surface area (Å²) in [6.07, 6.45) is 4.79. The Hall–Kier alpha value is -1.84. The van der Waals surface area contributed by atoms with Gasteiger partial charge in [-0.05, 0) is 44.4 Å². The highest BCUT2D eigenvalue weighted by atomic mass is 19.1. The third kappa shape index (κ3) is 4.08. The van der Waals surface area contributed by atoms with Gasteiger partial charge in [0.15, 0.2) is 11.6 Å². The molecule has 0 aromatic heterocycles. The van der Waals surface area contributed by atoms with E-state index in [0.29, 0.717) is 11.1 Å². The molecule has 0 atom stereocenters. The first-order valence-corrected chi connectivity index (χ1v) is 6.92. The van der Waals surface area contributed by atoms with Gasteiger partial charge in [0.25, 0.3) is 5.91 Å². The molecule has 0 radical (unpaired) electrons. The van der Waals surface area contributed by atoms with Crippen LogP contribution in [0.1, 0.15) is 49.5 Å². The van der Waals surface area contributed by atoms with Crippen molar-refractivity contribution < 1.29 is 13.9 Å². The molecule has 1 rings (SSSR count). The highest BCUT2D eigenvalue weighted by Crippen LogP contribution is 2.24. The molecule has 3 nitrogen and oxygen atoms in total. The van der Waals surface area contributed by atoms with E-state index in [1.807, 2.05) is 13.8 Å². The lowest BCUT2D eigenvalue weighted by Gasteiger charge is -2.15. The standard InChI is InChI=1S/C16H22FNO2/c1-5-8-20-15-11(4)9-12(10-14(15)17)16(19)18-13(6-2)7-3/h5,8-10,13H,6-7H2,1-4H3,(H,18,19)/b8-5-. The molecule has 1 aromatic rings. The minimum atomic E-state index is -0.530. The van der Waals surface area contributed by atoms with Crippen LogP contribution in [0, 0.1) is 12.7 Å². The number of allylic oxidation sites excluding steroid dienone is 1. The third-order valence-electron chi connectivity index (χ3n) is 3.13. The molecule has 4 heteroatoms. The number of hydrogen-bond donors (Lipinski definition) is 1. The van der Waals surface area contributed by atoms with E-state index in [1.54, 1.807) is 26.0 Å². The fourth-order valence-electron chi connectivity index (χ4n) is 1.91. The van der Waals surface area contributed by atoms with Gasteiger partial charge in [-0.1, -0.05) is 19.9 Å². The second kappa shape index (κ2) is 7.68. The van der Waals surface area contributed by atoms with Crippen LogP contribution in [0.4, 0.5) is 4.39 Å². The summed E-state index contributed by atoms with van der Waals surface area (Å²) in [5.74, 6) is -0.627. The van der Waals surface area contributed by atoms with Gasteiger partial charge in [-0.15, -0.1) is 0 Å². The van der Waals surface area contributed by atoms with E-state index in [4.69, 9.17) is 4.74 Å². The number of halogens is 1. The number of carbonyl (C=O) groups is 1. The van der Waals surface area contributed by atoms with Crippen LogP contribution < -0.4 is 10.1 Å². The molecule has 0 bridgehead atoms. The average Bonchev–Trinajstić information content (AvgIpc) is 2.43. The number of aryl methyl sites for hydroxylation is 1. The molecule has 0 heterocycles. The monoisotopic (exact) mass is 279 g/mol. The topological polar surface area (TPSA) is 38.3 Å². The first-order chi connectivity index (χ1) is 9.53. The predicted molar refractivity (Wildman–Crippen MR) is 78.4 cm³/mol. The Morgan fingerprint density at radius 1 is 1.40 bits per heavy atom. The maximum Gasteiger partial charge on any atom is 0.251 e. The molecule has 0 aliphatic rings. The van der Waals surface area contributed by atoms with E-state index >= 15 is 0 Å². The SMILES string of the molecule is C/C=C\Oc1c(C)cc(C(=O)NC(CC)CC)cc1F. The van der Waals surface area contributed by atoms with E-state index in [0.717, 1.165) is 12.8 Å². The Kier molecular flexibility index (Phi) is 6.22. The molecule has 1 N–H and O–H groups in total. The Morgan fingerprint density at radius 3 is 2.55 bits per heavy atom. The molecule has 0 fully saturated rings. The molecule has 20 heavy (non-hydrogen) atoms. The maximum atomic E-state index is 14.0. The summed E-state index contributed by atoms with van der Waals surface area (Å²) in [7, 11) is 0. The summed E-state index contributed by atoms with van der Waals surface area (Å²) in [5, 5.41) is 2.89. The number of hydrogen-bond acceptors (Lipinski definition) is 2. The highest BCUT2D eigenvalue weighted by Gasteiger charge is 2.15. The first kappa shape index (κ1) is 16.2. The molecule has 0 aliphatic heterocycles. The molecule has 0 unspecified atom stereocenters. The van der Waals surface area contributed by atoms with Crippen molar-refractivity contribution in [1.82, 2.24) is 5.32 Å². The summed E-state index contributed by atoms with van der Waals surface area (Å²) < 4.78 is 19.1. The number of ether oxygens (including phenoxy) is 1. The van der Waals surface area contributed by atoms with Gasteiger partial charge in [0, 0.05) is 11.6 Å². The third-order valence-corrected chi connectivity index (χ3v) is 3.13. The largest absolute Gasteiger partial charge is 0.462 e. The minimum Gasteiger partial charge on any atom is -0.462 e. The predicted octanol–water partition coefficient (Wildman–Crippen LogP) is 3.96. The van der Waals surface area contributed by atoms with Crippen molar-refractivity contribution in [3.63, 3.8) is 0 Å². The molecule has 0 saturated carbocycles. The van der Waals surface area contributed by atoms with Gasteiger partial charge in [-0.3, -0.25) is 4.79 Å². The lowest BCUT2D eigenvalue weighted by Crippen LogP contribution is -2.33. The number of benzene rings is 1. The molecular weight excluding hydrogens is 257 g/mol. The van der Waals surface area contributed by atoms with Crippen LogP contribution in [0.3, 0.4) is 0 Å². The normalized spacial score (nSPS) is 11.1. The maximum absolute atomic E-state index is 14.0. The van der Waals surface area contributed by atoms with Gasteiger partial charge in [0.05, 0.1) is 6.26 Å². The second-order valence-electron chi connectivity index (χ2n) is 4.68. The van der Waals surface area contributed by atoms with Crippen LogP contribution >= 0.6 is 0 Å². The van der Waals surface area contributed by atoms with E-state index < -0.39 is 5.82 Å². The Bertz CT molecular complexity index is 470. The van der Waals surface area contributed by atoms with Crippen molar-refractivity contribution in [2.75, 3.05) is 0 Å². The van der Waals surface area contributed by atoms with Crippen LogP contribution in [0.2, 0.25) is 0 Å². The summed E-state index contributed by atoms with van der Waals surface area (Å²) >= 11 is 0. The van der Waals surface area contributed by atoms with Gasteiger partial charge >= 0.3 is 0 Å². The summed E-state index contributed by atoms with van der Waals surface area (Å²) in [6.45, 7) is 7.52. The Morgan fingerprint density at radius 2 is 2.05 bits per heavy atom. The van der Waals surface area contributed by atoms with E-state index in [1.165, 1.54) is 12.3 Å². The van der Waals surface area contributed by atoms with E-state index in [2.05, 4.69) is 5.32 Å². The lowest BCUT2D eigenvalue weighted by molar-refractivity contribution is 0.0934. The fraction of sp³-hybridized carbons (Fsp3) is 0.438. The van der Waals surface area contributed by atoms with Crippen molar-refractivity contribution in [3.05, 3.63) is 41.4 Å². The van der Waals surface area contributed by atoms with Gasteiger partial charge in [0.2, 0.25) is 0 Å². The van der Waals surface area contributed by atoms with Crippen LogP contribution in [-0.4, -0.2) is 11.9 Å². The van der Waals surface area contributed by atoms with E-state index in [-0.39, 0.29) is 17.7 Å². The Balaban J connectivity index is 2.95. The first-order valence-electron chi connectivity index (χ1n) is 6.92. The van der Waals surface area contributed by atoms with E-state index in [9.17, 15) is 9.18 Å². The van der Waals surface area contributed by atoms with Gasteiger partial charge < -0.3 is 10.1 Å². The van der Waals surface area contributed by atoms with Crippen molar-refractivity contribution in [1.29, 1.82) is 0 Å². The van der Waals surface area contributed by atoms with Crippen LogP contribution in [0.15, 0.2) is 24.5 Å². The van der Waals surface area contributed by atoms with Gasteiger partial charge in [0.1, 0.15) is 0 Å². The summed E-state index contributed by atoms with van der Waals surface area (Å²) in [5.41, 5.74) is 0.914. The zero-order valence-corrected chi connectivity index (χ0v) is 12.5. The molecule has 0 aliphatic carbocycles. The molecule has 0 saturated heterocycles. The number of carbonyl (C=O) groups excluding carboxylic acids is 1. The zero-order valence-electron chi connectivity index (χ0n) is 12.5.